The van der Waals surface area contributed by atoms with Crippen LogP contribution in [0.15, 0.2) is 41.3 Å². The molecular formula is C16H14N2O6S. The van der Waals surface area contributed by atoms with Crippen molar-refractivity contribution in [2.75, 3.05) is 12.4 Å². The number of thioether (sulfide) groups is 1. The summed E-state index contributed by atoms with van der Waals surface area (Å²) in [5, 5.41) is 10.3. The van der Waals surface area contributed by atoms with Crippen molar-refractivity contribution in [2.45, 2.75) is 16.6 Å². The maximum atomic E-state index is 11.9. The maximum Gasteiger partial charge on any atom is 0.328 e. The van der Waals surface area contributed by atoms with Crippen molar-refractivity contribution in [3.05, 3.63) is 36.4 Å². The number of rotatable bonds is 6. The highest BCUT2D eigenvalue weighted by molar-refractivity contribution is 8.00. The lowest BCUT2D eigenvalue weighted by Crippen LogP contribution is -2.26. The molecule has 0 radical (unpaired) electrons. The molecule has 1 atom stereocenters. The van der Waals surface area contributed by atoms with Gasteiger partial charge < -0.3 is 10.4 Å². The molecule has 2 rings (SSSR count). The van der Waals surface area contributed by atoms with Gasteiger partial charge in [-0.15, -0.1) is 11.8 Å². The number of carboxylic acid groups (broad SMARTS) is 1. The molecule has 0 saturated carbocycles. The standard InChI is InChI=1S/C16H14N2O6S/c1-18-13(20)8-12(16(18)24)25-10-4-2-9(3-5-10)17-15(23)11(19)6-7-14(21)22/h2-7,12H,8H2,1H3,(H,17,23)(H,21,22)/b7-6+. The SMILES string of the molecule is CN1C(=O)CC(Sc2ccc(NC(=O)C(=O)/C=C/C(=O)O)cc2)C1=O. The highest BCUT2D eigenvalue weighted by atomic mass is 32.2. The van der Waals surface area contributed by atoms with Crippen LogP contribution in [-0.2, 0) is 24.0 Å². The van der Waals surface area contributed by atoms with E-state index in [1.807, 2.05) is 0 Å². The van der Waals surface area contributed by atoms with Gasteiger partial charge >= 0.3 is 5.97 Å². The first-order valence-corrected chi connectivity index (χ1v) is 7.99. The maximum absolute atomic E-state index is 11.9. The number of imide groups is 1. The molecule has 1 aliphatic rings. The molecule has 8 nitrogen and oxygen atoms in total. The second kappa shape index (κ2) is 7.75. The van der Waals surface area contributed by atoms with Gasteiger partial charge in [0.2, 0.25) is 17.6 Å². The minimum absolute atomic E-state index is 0.142. The van der Waals surface area contributed by atoms with Crippen molar-refractivity contribution in [2.24, 2.45) is 0 Å². The first-order valence-electron chi connectivity index (χ1n) is 7.11. The Morgan fingerprint density at radius 3 is 2.36 bits per heavy atom. The van der Waals surface area contributed by atoms with Crippen molar-refractivity contribution >= 4 is 46.9 Å². The number of carbonyl (C=O) groups excluding carboxylic acids is 4. The average Bonchev–Trinajstić information content (AvgIpc) is 2.81. The lowest BCUT2D eigenvalue weighted by atomic mass is 10.3. The number of anilines is 1. The highest BCUT2D eigenvalue weighted by Gasteiger charge is 2.36. The summed E-state index contributed by atoms with van der Waals surface area (Å²) in [4.78, 5) is 58.5. The van der Waals surface area contributed by atoms with E-state index in [1.165, 1.54) is 18.8 Å². The summed E-state index contributed by atoms with van der Waals surface area (Å²) in [6.07, 6.45) is 1.39. The molecule has 2 N–H and O–H groups in total. The molecule has 1 saturated heterocycles. The molecule has 0 bridgehead atoms. The first-order chi connectivity index (χ1) is 11.8. The van der Waals surface area contributed by atoms with E-state index in [1.54, 1.807) is 24.3 Å². The molecule has 1 heterocycles. The third kappa shape index (κ3) is 4.77. The number of hydrogen-bond donors (Lipinski definition) is 2. The van der Waals surface area contributed by atoms with Gasteiger partial charge in [0.15, 0.2) is 0 Å². The van der Waals surface area contributed by atoms with E-state index in [0.29, 0.717) is 17.8 Å². The predicted octanol–water partition coefficient (Wildman–Crippen LogP) is 0.684. The fraction of sp³-hybridized carbons (Fsp3) is 0.188. The van der Waals surface area contributed by atoms with Gasteiger partial charge in [-0.25, -0.2) is 4.79 Å². The Bertz CT molecular complexity index is 771. The topological polar surface area (TPSA) is 121 Å². The monoisotopic (exact) mass is 362 g/mol. The number of likely N-dealkylation sites (tertiary alicyclic amines) is 1. The molecule has 0 aromatic heterocycles. The van der Waals surface area contributed by atoms with Crippen LogP contribution in [0.3, 0.4) is 0 Å². The summed E-state index contributed by atoms with van der Waals surface area (Å²) in [5.41, 5.74) is 0.345. The van der Waals surface area contributed by atoms with Crippen molar-refractivity contribution in [1.29, 1.82) is 0 Å². The Labute approximate surface area is 146 Å². The number of carbonyl (C=O) groups is 5. The summed E-state index contributed by atoms with van der Waals surface area (Å²) < 4.78 is 0. The van der Waals surface area contributed by atoms with E-state index in [2.05, 4.69) is 5.32 Å². The number of nitrogens with zero attached hydrogens (tertiary/aromatic N) is 1. The molecule has 25 heavy (non-hydrogen) atoms. The first kappa shape index (κ1) is 18.4. The number of nitrogens with one attached hydrogen (secondary N) is 1. The van der Waals surface area contributed by atoms with Crippen molar-refractivity contribution in [3.8, 4) is 0 Å². The third-order valence-corrected chi connectivity index (χ3v) is 4.53. The molecule has 130 valence electrons. The van der Waals surface area contributed by atoms with Gasteiger partial charge in [-0.2, -0.15) is 0 Å². The zero-order chi connectivity index (χ0) is 18.6. The minimum atomic E-state index is -1.33. The third-order valence-electron chi connectivity index (χ3n) is 3.33. The van der Waals surface area contributed by atoms with Gasteiger partial charge in [0.25, 0.3) is 5.91 Å². The normalized spacial score (nSPS) is 17.2. The van der Waals surface area contributed by atoms with Gasteiger partial charge in [0, 0.05) is 30.1 Å². The molecule has 9 heteroatoms. The van der Waals surface area contributed by atoms with Crippen LogP contribution >= 0.6 is 11.8 Å². The number of amides is 3. The van der Waals surface area contributed by atoms with E-state index in [-0.39, 0.29) is 18.2 Å². The summed E-state index contributed by atoms with van der Waals surface area (Å²) in [6.45, 7) is 0. The van der Waals surface area contributed by atoms with E-state index in [0.717, 1.165) is 9.80 Å². The van der Waals surface area contributed by atoms with E-state index in [9.17, 15) is 24.0 Å². The Kier molecular flexibility index (Phi) is 5.71. The van der Waals surface area contributed by atoms with E-state index >= 15 is 0 Å². The van der Waals surface area contributed by atoms with Crippen molar-refractivity contribution in [3.63, 3.8) is 0 Å². The molecule has 1 aromatic carbocycles. The number of benzene rings is 1. The fourth-order valence-corrected chi connectivity index (χ4v) is 3.12. The predicted molar refractivity (Wildman–Crippen MR) is 88.9 cm³/mol. The molecule has 0 aliphatic carbocycles. The Balaban J connectivity index is 1.95. The van der Waals surface area contributed by atoms with Gasteiger partial charge in [0.05, 0.1) is 5.25 Å². The Morgan fingerprint density at radius 1 is 1.20 bits per heavy atom. The number of hydrogen-bond acceptors (Lipinski definition) is 6. The summed E-state index contributed by atoms with van der Waals surface area (Å²) in [6, 6.07) is 6.38. The van der Waals surface area contributed by atoms with Crippen molar-refractivity contribution < 1.29 is 29.1 Å². The van der Waals surface area contributed by atoms with Gasteiger partial charge in [-0.1, -0.05) is 0 Å². The number of aliphatic carboxylic acids is 1. The second-order valence-electron chi connectivity index (χ2n) is 5.12. The van der Waals surface area contributed by atoms with Crippen LogP contribution in [-0.4, -0.2) is 51.8 Å². The summed E-state index contributed by atoms with van der Waals surface area (Å²) >= 11 is 1.24. The van der Waals surface area contributed by atoms with Gasteiger partial charge in [-0.3, -0.25) is 24.1 Å². The van der Waals surface area contributed by atoms with Crippen LogP contribution in [0.2, 0.25) is 0 Å². The molecule has 3 amide bonds. The lowest BCUT2D eigenvalue weighted by molar-refractivity contribution is -0.136. The number of carboxylic acids is 1. The minimum Gasteiger partial charge on any atom is -0.478 e. The quantitative estimate of drug-likeness (QED) is 0.434. The lowest BCUT2D eigenvalue weighted by Gasteiger charge is -2.09. The zero-order valence-electron chi connectivity index (χ0n) is 13.1. The van der Waals surface area contributed by atoms with Crippen LogP contribution in [0.4, 0.5) is 5.69 Å². The average molecular weight is 362 g/mol. The van der Waals surface area contributed by atoms with E-state index in [4.69, 9.17) is 5.11 Å². The largest absolute Gasteiger partial charge is 0.478 e. The second-order valence-corrected chi connectivity index (χ2v) is 6.39. The van der Waals surface area contributed by atoms with Crippen LogP contribution in [0, 0.1) is 0 Å². The van der Waals surface area contributed by atoms with Crippen LogP contribution in [0.25, 0.3) is 0 Å². The molecule has 1 unspecified atom stereocenters. The van der Waals surface area contributed by atoms with Gasteiger partial charge in [-0.05, 0) is 30.3 Å². The smallest absolute Gasteiger partial charge is 0.328 e. The zero-order valence-corrected chi connectivity index (χ0v) is 13.9. The van der Waals surface area contributed by atoms with Crippen LogP contribution in [0.5, 0.6) is 0 Å². The molecular weight excluding hydrogens is 348 g/mol. The van der Waals surface area contributed by atoms with Gasteiger partial charge in [0.1, 0.15) is 0 Å². The Morgan fingerprint density at radius 2 is 1.84 bits per heavy atom. The van der Waals surface area contributed by atoms with Crippen LogP contribution in [0.1, 0.15) is 6.42 Å². The molecule has 0 spiro atoms. The van der Waals surface area contributed by atoms with E-state index < -0.39 is 22.9 Å². The van der Waals surface area contributed by atoms with Crippen molar-refractivity contribution in [1.82, 2.24) is 4.90 Å². The Hall–Kier alpha value is -2.94. The molecule has 1 fully saturated rings. The number of ketones is 1. The summed E-state index contributed by atoms with van der Waals surface area (Å²) in [5.74, 6) is -3.74. The fourth-order valence-electron chi connectivity index (χ4n) is 2.01. The molecule has 1 aromatic rings. The molecule has 1 aliphatic heterocycles. The van der Waals surface area contributed by atoms with Crippen LogP contribution < -0.4 is 5.32 Å². The summed E-state index contributed by atoms with van der Waals surface area (Å²) in [7, 11) is 1.44. The highest BCUT2D eigenvalue weighted by Crippen LogP contribution is 2.31.